The van der Waals surface area contributed by atoms with Gasteiger partial charge in [0.25, 0.3) is 5.91 Å². The second-order valence-electron chi connectivity index (χ2n) is 8.35. The Hall–Kier alpha value is -3.46. The van der Waals surface area contributed by atoms with E-state index in [0.717, 1.165) is 22.9 Å². The molecule has 9 heteroatoms. The number of hydrogen-bond acceptors (Lipinski definition) is 6. The van der Waals surface area contributed by atoms with Gasteiger partial charge in [-0.05, 0) is 68.3 Å². The van der Waals surface area contributed by atoms with Gasteiger partial charge in [-0.2, -0.15) is 0 Å². The molecule has 0 spiro atoms. The fourth-order valence-electron chi connectivity index (χ4n) is 4.03. The van der Waals surface area contributed by atoms with Gasteiger partial charge in [0.05, 0.1) is 18.4 Å². The zero-order valence-corrected chi connectivity index (χ0v) is 20.2. The highest BCUT2D eigenvalue weighted by Crippen LogP contribution is 2.28. The van der Waals surface area contributed by atoms with Crippen LogP contribution in [0.25, 0.3) is 0 Å². The van der Waals surface area contributed by atoms with Crippen molar-refractivity contribution in [2.45, 2.75) is 43.2 Å². The minimum atomic E-state index is -0.617. The number of pyridine rings is 2. The van der Waals surface area contributed by atoms with E-state index in [1.807, 2.05) is 42.7 Å². The van der Waals surface area contributed by atoms with Crippen molar-refractivity contribution in [2.24, 2.45) is 5.92 Å². The molecule has 1 saturated carbocycles. The number of ether oxygens (including phenoxy) is 1. The smallest absolute Gasteiger partial charge is 0.257 e. The number of aromatic nitrogens is 2. The predicted molar refractivity (Wildman–Crippen MR) is 132 cm³/mol. The molecule has 4 rings (SSSR count). The summed E-state index contributed by atoms with van der Waals surface area (Å²) in [4.78, 5) is 34.7. The van der Waals surface area contributed by atoms with Crippen molar-refractivity contribution in [3.63, 3.8) is 0 Å². The summed E-state index contributed by atoms with van der Waals surface area (Å²) >= 11 is 1.56. The minimum absolute atomic E-state index is 0.00193. The van der Waals surface area contributed by atoms with Crippen LogP contribution in [-0.4, -0.2) is 34.1 Å². The van der Waals surface area contributed by atoms with E-state index < -0.39 is 11.7 Å². The summed E-state index contributed by atoms with van der Waals surface area (Å²) in [6, 6.07) is 14.0. The Balaban J connectivity index is 1.33. The number of carbonyl (C=O) groups excluding carboxylic acids is 2. The van der Waals surface area contributed by atoms with Crippen molar-refractivity contribution in [1.82, 2.24) is 20.6 Å². The molecule has 3 aromatic rings. The molecule has 1 aromatic carbocycles. The first-order valence-corrected chi connectivity index (χ1v) is 12.7. The molecule has 35 heavy (non-hydrogen) atoms. The van der Waals surface area contributed by atoms with Crippen LogP contribution in [-0.2, 0) is 11.3 Å². The molecule has 0 aliphatic heterocycles. The Morgan fingerprint density at radius 3 is 2.66 bits per heavy atom. The van der Waals surface area contributed by atoms with Gasteiger partial charge in [-0.3, -0.25) is 14.6 Å². The van der Waals surface area contributed by atoms with E-state index in [1.165, 1.54) is 0 Å². The van der Waals surface area contributed by atoms with Crippen molar-refractivity contribution in [2.75, 3.05) is 6.26 Å². The monoisotopic (exact) mass is 494 g/mol. The standard InChI is InChI=1S/C26H27FN4O3S/c1-35-22-7-4-6-21(14-22)34-26-23(13-18(27)15-30-26)25(33)31-19-10-8-17(9-11-19)24(32)29-16-20-5-2-3-12-28-20/h2-7,12-15,17,19H,8-11,16H2,1H3,(H,29,32)(H,31,33)/t17-,19+. The molecular formula is C26H27FN4O3S. The topological polar surface area (TPSA) is 93.2 Å². The van der Waals surface area contributed by atoms with Crippen LogP contribution in [0.3, 0.4) is 0 Å². The maximum atomic E-state index is 13.9. The zero-order chi connectivity index (χ0) is 24.6. The van der Waals surface area contributed by atoms with Gasteiger partial charge in [-0.15, -0.1) is 11.8 Å². The number of hydrogen-bond donors (Lipinski definition) is 2. The summed E-state index contributed by atoms with van der Waals surface area (Å²) in [5.41, 5.74) is 0.846. The van der Waals surface area contributed by atoms with E-state index in [1.54, 1.807) is 24.0 Å². The number of amides is 2. The number of rotatable bonds is 8. The normalized spacial score (nSPS) is 17.4. The zero-order valence-electron chi connectivity index (χ0n) is 19.4. The van der Waals surface area contributed by atoms with Crippen molar-refractivity contribution in [1.29, 1.82) is 0 Å². The van der Waals surface area contributed by atoms with Crippen LogP contribution in [0.15, 0.2) is 65.8 Å². The molecule has 2 heterocycles. The van der Waals surface area contributed by atoms with Crippen LogP contribution in [0, 0.1) is 11.7 Å². The average Bonchev–Trinajstić information content (AvgIpc) is 2.89. The molecule has 182 valence electrons. The van der Waals surface area contributed by atoms with E-state index in [0.29, 0.717) is 38.0 Å². The quantitative estimate of drug-likeness (QED) is 0.440. The lowest BCUT2D eigenvalue weighted by Crippen LogP contribution is -2.41. The molecule has 0 atom stereocenters. The van der Waals surface area contributed by atoms with Crippen molar-refractivity contribution in [3.8, 4) is 11.6 Å². The average molecular weight is 495 g/mol. The molecule has 2 N–H and O–H groups in total. The van der Waals surface area contributed by atoms with Gasteiger partial charge < -0.3 is 15.4 Å². The van der Waals surface area contributed by atoms with Gasteiger partial charge in [-0.1, -0.05) is 12.1 Å². The first-order chi connectivity index (χ1) is 17.0. The highest BCUT2D eigenvalue weighted by molar-refractivity contribution is 7.98. The van der Waals surface area contributed by atoms with Crippen LogP contribution < -0.4 is 15.4 Å². The van der Waals surface area contributed by atoms with Gasteiger partial charge >= 0.3 is 0 Å². The number of halogens is 1. The number of nitrogens with zero attached hydrogens (tertiary/aromatic N) is 2. The van der Waals surface area contributed by atoms with Crippen molar-refractivity contribution in [3.05, 3.63) is 78.0 Å². The molecule has 1 aliphatic rings. The highest BCUT2D eigenvalue weighted by Gasteiger charge is 2.28. The second kappa shape index (κ2) is 11.8. The molecule has 0 saturated heterocycles. The van der Waals surface area contributed by atoms with Crippen LogP contribution >= 0.6 is 11.8 Å². The van der Waals surface area contributed by atoms with Crippen LogP contribution in [0.2, 0.25) is 0 Å². The van der Waals surface area contributed by atoms with Gasteiger partial charge in [-0.25, -0.2) is 9.37 Å². The third-order valence-corrected chi connectivity index (χ3v) is 6.65. The van der Waals surface area contributed by atoms with E-state index in [4.69, 9.17) is 4.74 Å². The molecular weight excluding hydrogens is 467 g/mol. The van der Waals surface area contributed by atoms with Crippen molar-refractivity contribution >= 4 is 23.6 Å². The maximum absolute atomic E-state index is 13.9. The van der Waals surface area contributed by atoms with Crippen LogP contribution in [0.5, 0.6) is 11.6 Å². The Labute approximate surface area is 207 Å². The summed E-state index contributed by atoms with van der Waals surface area (Å²) in [5.74, 6) is -0.611. The molecule has 7 nitrogen and oxygen atoms in total. The molecule has 0 bridgehead atoms. The summed E-state index contributed by atoms with van der Waals surface area (Å²) in [7, 11) is 0. The first kappa shape index (κ1) is 24.7. The predicted octanol–water partition coefficient (Wildman–Crippen LogP) is 4.73. The Morgan fingerprint density at radius 2 is 1.91 bits per heavy atom. The number of carbonyl (C=O) groups is 2. The molecule has 1 aliphatic carbocycles. The van der Waals surface area contributed by atoms with Crippen LogP contribution in [0.4, 0.5) is 4.39 Å². The fourth-order valence-corrected chi connectivity index (χ4v) is 4.48. The van der Waals surface area contributed by atoms with Crippen molar-refractivity contribution < 1.29 is 18.7 Å². The van der Waals surface area contributed by atoms with Gasteiger partial charge in [0.2, 0.25) is 11.8 Å². The second-order valence-corrected chi connectivity index (χ2v) is 9.23. The Morgan fingerprint density at radius 1 is 1.09 bits per heavy atom. The molecule has 0 radical (unpaired) electrons. The number of benzene rings is 1. The molecule has 1 fully saturated rings. The Bertz CT molecular complexity index is 1170. The largest absolute Gasteiger partial charge is 0.438 e. The highest BCUT2D eigenvalue weighted by atomic mass is 32.2. The van der Waals surface area contributed by atoms with Gasteiger partial charge in [0.1, 0.15) is 17.1 Å². The van der Waals surface area contributed by atoms with E-state index in [9.17, 15) is 14.0 Å². The minimum Gasteiger partial charge on any atom is -0.438 e. The third kappa shape index (κ3) is 6.79. The number of nitrogens with one attached hydrogen (secondary N) is 2. The Kier molecular flexibility index (Phi) is 8.31. The van der Waals surface area contributed by atoms with E-state index >= 15 is 0 Å². The first-order valence-electron chi connectivity index (χ1n) is 11.5. The SMILES string of the molecule is CSc1cccc(Oc2ncc(F)cc2C(=O)N[C@H]2CC[C@@H](C(=O)NCc3ccccn3)CC2)c1. The fraction of sp³-hybridized carbons (Fsp3) is 0.308. The molecule has 2 aromatic heterocycles. The number of thioether (sulfide) groups is 1. The van der Waals surface area contributed by atoms with Gasteiger partial charge in [0.15, 0.2) is 0 Å². The third-order valence-electron chi connectivity index (χ3n) is 5.92. The van der Waals surface area contributed by atoms with Crippen LogP contribution in [0.1, 0.15) is 41.7 Å². The summed E-state index contributed by atoms with van der Waals surface area (Å²) in [6.07, 6.45) is 7.30. The lowest BCUT2D eigenvalue weighted by Gasteiger charge is -2.28. The lowest BCUT2D eigenvalue weighted by atomic mass is 9.85. The summed E-state index contributed by atoms with van der Waals surface area (Å²) in [6.45, 7) is 0.394. The van der Waals surface area contributed by atoms with E-state index in [-0.39, 0.29) is 29.3 Å². The molecule has 0 unspecified atom stereocenters. The lowest BCUT2D eigenvalue weighted by molar-refractivity contribution is -0.126. The summed E-state index contributed by atoms with van der Waals surface area (Å²) in [5, 5.41) is 5.90. The molecule has 2 amide bonds. The maximum Gasteiger partial charge on any atom is 0.257 e. The summed E-state index contributed by atoms with van der Waals surface area (Å²) < 4.78 is 19.7. The van der Waals surface area contributed by atoms with E-state index in [2.05, 4.69) is 20.6 Å². The van der Waals surface area contributed by atoms with Gasteiger partial charge in [0, 0.05) is 23.1 Å².